The molecule has 0 aliphatic carbocycles. The first kappa shape index (κ1) is 9.38. The minimum Gasteiger partial charge on any atom is -0.388 e. The van der Waals surface area contributed by atoms with Gasteiger partial charge in [-0.3, -0.25) is 5.43 Å². The maximum atomic E-state index is 5.13. The molecule has 0 aromatic carbocycles. The topological polar surface area (TPSA) is 105 Å². The number of hydrazone groups is 1. The molecule has 78 valence electrons. The molecule has 0 amide bonds. The summed E-state index contributed by atoms with van der Waals surface area (Å²) in [4.78, 5) is 4.31. The second kappa shape index (κ2) is 3.91. The van der Waals surface area contributed by atoms with Crippen LogP contribution in [0.3, 0.4) is 0 Å². The molecule has 0 fully saturated rings. The van der Waals surface area contributed by atoms with Crippen LogP contribution in [0.25, 0.3) is 11.2 Å². The van der Waals surface area contributed by atoms with Gasteiger partial charge in [0.1, 0.15) is 11.9 Å². The summed E-state index contributed by atoms with van der Waals surface area (Å²) in [5.74, 6) is 0. The lowest BCUT2D eigenvalue weighted by Gasteiger charge is -2.08. The van der Waals surface area contributed by atoms with Crippen LogP contribution in [0.1, 0.15) is 18.7 Å². The van der Waals surface area contributed by atoms with Gasteiger partial charge in [-0.15, -0.1) is 5.10 Å². The predicted octanol–water partition coefficient (Wildman–Crippen LogP) is -0.0945. The summed E-state index contributed by atoms with van der Waals surface area (Å²) in [6.07, 6.45) is 1.20. The van der Waals surface area contributed by atoms with Crippen LogP contribution in [0.5, 0.6) is 0 Å². The Morgan fingerprint density at radius 2 is 2.40 bits per heavy atom. The molecule has 2 rings (SSSR count). The normalized spacial score (nSPS) is 13.4. The van der Waals surface area contributed by atoms with Crippen LogP contribution in [-0.4, -0.2) is 26.7 Å². The van der Waals surface area contributed by atoms with Crippen molar-refractivity contribution in [3.8, 4) is 0 Å². The third kappa shape index (κ3) is 1.85. The molecule has 0 bridgehead atoms. The van der Waals surface area contributed by atoms with E-state index in [9.17, 15) is 0 Å². The Morgan fingerprint density at radius 1 is 1.53 bits per heavy atom. The molecule has 7 nitrogen and oxygen atoms in total. The molecule has 0 saturated carbocycles. The molecule has 2 heterocycles. The minimum atomic E-state index is -0.0223. The largest absolute Gasteiger partial charge is 0.388 e. The number of hydrogen-bond donors (Lipinski definition) is 3. The van der Waals surface area contributed by atoms with E-state index in [2.05, 4.69) is 30.9 Å². The number of rotatable bonds is 3. The summed E-state index contributed by atoms with van der Waals surface area (Å²) in [6.45, 7) is 1.93. The predicted molar refractivity (Wildman–Crippen MR) is 55.9 cm³/mol. The molecule has 0 aliphatic heterocycles. The van der Waals surface area contributed by atoms with Gasteiger partial charge in [0.25, 0.3) is 0 Å². The smallest absolute Gasteiger partial charge is 0.201 e. The van der Waals surface area contributed by atoms with Crippen LogP contribution in [0.15, 0.2) is 17.2 Å². The van der Waals surface area contributed by atoms with Crippen LogP contribution in [0, 0.1) is 0 Å². The Hall–Kier alpha value is -2.18. The van der Waals surface area contributed by atoms with E-state index in [4.69, 9.17) is 5.73 Å². The first-order chi connectivity index (χ1) is 7.31. The first-order valence-electron chi connectivity index (χ1n) is 4.47. The van der Waals surface area contributed by atoms with Crippen LogP contribution >= 0.6 is 0 Å². The van der Waals surface area contributed by atoms with Crippen molar-refractivity contribution in [2.24, 2.45) is 10.8 Å². The van der Waals surface area contributed by atoms with Gasteiger partial charge in [0.2, 0.25) is 5.65 Å². The number of aromatic nitrogens is 4. The third-order valence-corrected chi connectivity index (χ3v) is 1.99. The number of nitrogens with two attached hydrogens (primary N) is 1. The molecule has 0 spiro atoms. The fraction of sp³-hybridized carbons (Fsp3) is 0.250. The summed E-state index contributed by atoms with van der Waals surface area (Å²) < 4.78 is 0. The number of aromatic amines is 1. The molecular weight excluding hydrogens is 194 g/mol. The zero-order valence-corrected chi connectivity index (χ0v) is 8.18. The number of H-pyrrole nitrogens is 1. The van der Waals surface area contributed by atoms with Crippen molar-refractivity contribution in [2.45, 2.75) is 13.0 Å². The van der Waals surface area contributed by atoms with Gasteiger partial charge in [-0.2, -0.15) is 15.4 Å². The molecule has 0 radical (unpaired) electrons. The lowest BCUT2D eigenvalue weighted by atomic mass is 10.2. The van der Waals surface area contributed by atoms with Crippen LogP contribution in [0.2, 0.25) is 0 Å². The maximum Gasteiger partial charge on any atom is 0.201 e. The van der Waals surface area contributed by atoms with E-state index >= 15 is 0 Å². The molecule has 7 heteroatoms. The number of hydrogen-bond acceptors (Lipinski definition) is 5. The van der Waals surface area contributed by atoms with Crippen molar-refractivity contribution in [3.05, 3.63) is 17.8 Å². The van der Waals surface area contributed by atoms with Gasteiger partial charge in [-0.25, -0.2) is 4.98 Å². The van der Waals surface area contributed by atoms with E-state index in [0.29, 0.717) is 5.65 Å². The molecule has 2 aromatic rings. The number of nitrogens with zero attached hydrogens (tertiary/aromatic N) is 4. The Morgan fingerprint density at radius 3 is 3.20 bits per heavy atom. The van der Waals surface area contributed by atoms with Gasteiger partial charge in [0, 0.05) is 0 Å². The highest BCUT2D eigenvalue weighted by Crippen LogP contribution is 2.12. The van der Waals surface area contributed by atoms with Gasteiger partial charge in [0.15, 0.2) is 0 Å². The van der Waals surface area contributed by atoms with E-state index in [0.717, 1.165) is 11.2 Å². The Kier molecular flexibility index (Phi) is 2.44. The standard InChI is InChI=1S/C8H11N7/c1-5(12-10-4-9)6-2-3-7-8(11-6)14-15-13-7/h2-5,12H,1H3,(H2,9,10)(H,11,13,14,15). The summed E-state index contributed by atoms with van der Waals surface area (Å²) in [7, 11) is 0. The van der Waals surface area contributed by atoms with Crippen molar-refractivity contribution in [1.82, 2.24) is 25.8 Å². The van der Waals surface area contributed by atoms with E-state index in [1.165, 1.54) is 6.34 Å². The number of nitrogens with one attached hydrogen (secondary N) is 2. The number of pyridine rings is 1. The zero-order chi connectivity index (χ0) is 10.7. The molecule has 0 saturated heterocycles. The van der Waals surface area contributed by atoms with Crippen LogP contribution in [-0.2, 0) is 0 Å². The van der Waals surface area contributed by atoms with E-state index in [-0.39, 0.29) is 6.04 Å². The zero-order valence-electron chi connectivity index (χ0n) is 8.18. The second-order valence-electron chi connectivity index (χ2n) is 3.03. The van der Waals surface area contributed by atoms with Gasteiger partial charge in [0.05, 0.1) is 11.7 Å². The molecule has 1 atom stereocenters. The summed E-state index contributed by atoms with van der Waals surface area (Å²) in [5, 5.41) is 14.1. The summed E-state index contributed by atoms with van der Waals surface area (Å²) >= 11 is 0. The Balaban J connectivity index is 2.27. The highest BCUT2D eigenvalue weighted by molar-refractivity contribution is 5.68. The van der Waals surface area contributed by atoms with Gasteiger partial charge < -0.3 is 5.73 Å². The van der Waals surface area contributed by atoms with E-state index in [1.807, 2.05) is 19.1 Å². The fourth-order valence-corrected chi connectivity index (χ4v) is 1.21. The minimum absolute atomic E-state index is 0.0223. The van der Waals surface area contributed by atoms with Crippen molar-refractivity contribution < 1.29 is 0 Å². The first-order valence-corrected chi connectivity index (χ1v) is 4.47. The summed E-state index contributed by atoms with van der Waals surface area (Å²) in [5.41, 5.74) is 10.1. The lowest BCUT2D eigenvalue weighted by molar-refractivity contribution is 0.593. The second-order valence-corrected chi connectivity index (χ2v) is 3.03. The van der Waals surface area contributed by atoms with Gasteiger partial charge in [-0.05, 0) is 19.1 Å². The van der Waals surface area contributed by atoms with Crippen molar-refractivity contribution >= 4 is 17.5 Å². The van der Waals surface area contributed by atoms with Crippen molar-refractivity contribution in [3.63, 3.8) is 0 Å². The van der Waals surface area contributed by atoms with Crippen molar-refractivity contribution in [2.75, 3.05) is 0 Å². The third-order valence-electron chi connectivity index (χ3n) is 1.99. The molecule has 1 unspecified atom stereocenters. The molecule has 15 heavy (non-hydrogen) atoms. The van der Waals surface area contributed by atoms with Crippen LogP contribution in [0.4, 0.5) is 0 Å². The van der Waals surface area contributed by atoms with Crippen molar-refractivity contribution in [1.29, 1.82) is 0 Å². The summed E-state index contributed by atoms with van der Waals surface area (Å²) in [6, 6.07) is 3.70. The molecule has 0 aliphatic rings. The Bertz CT molecular complexity index is 475. The maximum absolute atomic E-state index is 5.13. The highest BCUT2D eigenvalue weighted by Gasteiger charge is 2.07. The molecule has 2 aromatic heterocycles. The Labute approximate surface area is 85.8 Å². The average Bonchev–Trinajstić information content (AvgIpc) is 2.72. The van der Waals surface area contributed by atoms with Crippen LogP contribution < -0.4 is 11.2 Å². The molecule has 4 N–H and O–H groups in total. The lowest BCUT2D eigenvalue weighted by Crippen LogP contribution is -2.14. The van der Waals surface area contributed by atoms with E-state index < -0.39 is 0 Å². The monoisotopic (exact) mass is 205 g/mol. The SMILES string of the molecule is CC(N/N=C/N)c1ccc2n[nH]nc2n1. The highest BCUT2D eigenvalue weighted by atomic mass is 15.3. The fourth-order valence-electron chi connectivity index (χ4n) is 1.21. The van der Waals surface area contributed by atoms with Gasteiger partial charge in [-0.1, -0.05) is 0 Å². The average molecular weight is 205 g/mol. The van der Waals surface area contributed by atoms with Gasteiger partial charge >= 0.3 is 0 Å². The quantitative estimate of drug-likeness (QED) is 0.369. The number of fused-ring (bicyclic) bond motifs is 1. The van der Waals surface area contributed by atoms with E-state index in [1.54, 1.807) is 0 Å². The molecular formula is C8H11N7.